The van der Waals surface area contributed by atoms with Crippen LogP contribution in [-0.2, 0) is 9.84 Å². The van der Waals surface area contributed by atoms with Crippen LogP contribution in [0.5, 0.6) is 0 Å². The maximum atomic E-state index is 11.6. The molecule has 1 aromatic rings. The molecule has 6 heteroatoms. The van der Waals surface area contributed by atoms with Gasteiger partial charge in [0.1, 0.15) is 0 Å². The van der Waals surface area contributed by atoms with Crippen LogP contribution >= 0.6 is 0 Å². The van der Waals surface area contributed by atoms with E-state index in [1.165, 1.54) is 25.1 Å². The predicted molar refractivity (Wildman–Crippen MR) is 65.3 cm³/mol. The summed E-state index contributed by atoms with van der Waals surface area (Å²) in [6.07, 6.45) is 0. The molecule has 0 amide bonds. The first-order valence-corrected chi connectivity index (χ1v) is 6.91. The molecular formula is C11H15NO4S. The van der Waals surface area contributed by atoms with Crippen LogP contribution in [0.1, 0.15) is 24.2 Å². The average Bonchev–Trinajstić information content (AvgIpc) is 2.29. The number of benzene rings is 1. The Hall–Kier alpha value is -1.56. The molecule has 0 fully saturated rings. The normalized spacial score (nSPS) is 11.2. The van der Waals surface area contributed by atoms with Crippen LogP contribution in [-0.4, -0.2) is 31.8 Å². The van der Waals surface area contributed by atoms with Gasteiger partial charge in [0.15, 0.2) is 9.84 Å². The maximum Gasteiger partial charge on any atom is 0.337 e. The largest absolute Gasteiger partial charge is 0.478 e. The van der Waals surface area contributed by atoms with Crippen molar-refractivity contribution in [3.63, 3.8) is 0 Å². The lowest BCUT2D eigenvalue weighted by molar-refractivity contribution is 0.0697. The zero-order valence-corrected chi connectivity index (χ0v) is 10.5. The number of nitrogens with one attached hydrogen (secondary N) is 1. The summed E-state index contributed by atoms with van der Waals surface area (Å²) in [5, 5.41) is 11.9. The highest BCUT2D eigenvalue weighted by Gasteiger charge is 2.17. The Labute approximate surface area is 100 Å². The van der Waals surface area contributed by atoms with E-state index in [0.717, 1.165) is 0 Å². The molecule has 0 aliphatic rings. The summed E-state index contributed by atoms with van der Waals surface area (Å²) < 4.78 is 23.3. The molecule has 0 saturated carbocycles. The lowest BCUT2D eigenvalue weighted by Crippen LogP contribution is -2.09. The second-order valence-corrected chi connectivity index (χ2v) is 5.72. The molecule has 94 valence electrons. The second-order valence-electron chi connectivity index (χ2n) is 3.45. The number of carbonyl (C=O) groups is 1. The zero-order chi connectivity index (χ0) is 13.1. The van der Waals surface area contributed by atoms with Crippen LogP contribution in [0.15, 0.2) is 23.1 Å². The van der Waals surface area contributed by atoms with Gasteiger partial charge in [-0.05, 0) is 25.1 Å². The van der Waals surface area contributed by atoms with Crippen LogP contribution in [0.25, 0.3) is 0 Å². The van der Waals surface area contributed by atoms with Crippen molar-refractivity contribution in [1.82, 2.24) is 0 Å². The van der Waals surface area contributed by atoms with Crippen molar-refractivity contribution in [2.45, 2.75) is 18.7 Å². The van der Waals surface area contributed by atoms with Gasteiger partial charge in [-0.2, -0.15) is 0 Å². The monoisotopic (exact) mass is 257 g/mol. The third-order valence-corrected chi connectivity index (χ3v) is 4.06. The minimum absolute atomic E-state index is 0.0265. The lowest BCUT2D eigenvalue weighted by Gasteiger charge is -2.09. The molecule has 0 spiro atoms. The van der Waals surface area contributed by atoms with E-state index in [1.54, 1.807) is 0 Å². The molecule has 0 atom stereocenters. The Morgan fingerprint density at radius 3 is 2.47 bits per heavy atom. The van der Waals surface area contributed by atoms with Crippen LogP contribution < -0.4 is 5.32 Å². The summed E-state index contributed by atoms with van der Waals surface area (Å²) in [5.41, 5.74) is 0.399. The maximum absolute atomic E-state index is 11.6. The van der Waals surface area contributed by atoms with Crippen molar-refractivity contribution in [3.05, 3.63) is 23.8 Å². The van der Waals surface area contributed by atoms with Gasteiger partial charge < -0.3 is 10.4 Å². The first-order valence-electron chi connectivity index (χ1n) is 5.26. The Kier molecular flexibility index (Phi) is 4.11. The number of carboxylic acids is 1. The molecule has 0 aliphatic heterocycles. The van der Waals surface area contributed by atoms with E-state index in [-0.39, 0.29) is 16.2 Å². The molecule has 5 nitrogen and oxygen atoms in total. The minimum Gasteiger partial charge on any atom is -0.478 e. The average molecular weight is 257 g/mol. The van der Waals surface area contributed by atoms with E-state index >= 15 is 0 Å². The third kappa shape index (κ3) is 2.97. The Morgan fingerprint density at radius 1 is 1.35 bits per heavy atom. The van der Waals surface area contributed by atoms with Crippen molar-refractivity contribution >= 4 is 21.5 Å². The number of sulfone groups is 1. The van der Waals surface area contributed by atoms with E-state index in [9.17, 15) is 13.2 Å². The third-order valence-electron chi connectivity index (χ3n) is 2.33. The van der Waals surface area contributed by atoms with Crippen LogP contribution in [0.4, 0.5) is 5.69 Å². The topological polar surface area (TPSA) is 83.5 Å². The van der Waals surface area contributed by atoms with E-state index in [4.69, 9.17) is 5.11 Å². The number of aromatic carboxylic acids is 1. The van der Waals surface area contributed by atoms with Crippen molar-refractivity contribution < 1.29 is 18.3 Å². The summed E-state index contributed by atoms with van der Waals surface area (Å²) >= 11 is 0. The minimum atomic E-state index is -3.38. The molecule has 0 unspecified atom stereocenters. The predicted octanol–water partition coefficient (Wildman–Crippen LogP) is 1.61. The van der Waals surface area contributed by atoms with Gasteiger partial charge in [-0.25, -0.2) is 13.2 Å². The molecule has 0 heterocycles. The smallest absolute Gasteiger partial charge is 0.337 e. The zero-order valence-electron chi connectivity index (χ0n) is 9.73. The van der Waals surface area contributed by atoms with E-state index in [2.05, 4.69) is 5.32 Å². The number of hydrogen-bond acceptors (Lipinski definition) is 4. The van der Waals surface area contributed by atoms with Crippen LogP contribution in [0.2, 0.25) is 0 Å². The molecule has 0 saturated heterocycles. The van der Waals surface area contributed by atoms with Crippen molar-refractivity contribution in [3.8, 4) is 0 Å². The Bertz CT molecular complexity index is 522. The molecule has 0 aliphatic carbocycles. The standard InChI is InChI=1S/C11H15NO4S/c1-3-12-10-6-5-8(17(15,16)4-2)7-9(10)11(13)14/h5-7,12H,3-4H2,1-2H3,(H,13,14). The SMILES string of the molecule is CCNc1ccc(S(=O)(=O)CC)cc1C(=O)O. The number of hydrogen-bond donors (Lipinski definition) is 2. The molecule has 0 aromatic heterocycles. The summed E-state index contributed by atoms with van der Waals surface area (Å²) in [7, 11) is -3.38. The van der Waals surface area contributed by atoms with Gasteiger partial charge >= 0.3 is 5.97 Å². The summed E-state index contributed by atoms with van der Waals surface area (Å²) in [6.45, 7) is 3.93. The van der Waals surface area contributed by atoms with Gasteiger partial charge in [-0.3, -0.25) is 0 Å². The van der Waals surface area contributed by atoms with E-state index in [1.807, 2.05) is 6.92 Å². The van der Waals surface area contributed by atoms with Gasteiger partial charge in [0, 0.05) is 12.2 Å². The Morgan fingerprint density at radius 2 is 2.00 bits per heavy atom. The van der Waals surface area contributed by atoms with Gasteiger partial charge in [-0.1, -0.05) is 6.92 Å². The van der Waals surface area contributed by atoms with Crippen molar-refractivity contribution in [1.29, 1.82) is 0 Å². The first kappa shape index (κ1) is 13.5. The van der Waals surface area contributed by atoms with Gasteiger partial charge in [0.2, 0.25) is 0 Å². The van der Waals surface area contributed by atoms with Crippen molar-refractivity contribution in [2.75, 3.05) is 17.6 Å². The molecule has 17 heavy (non-hydrogen) atoms. The van der Waals surface area contributed by atoms with Gasteiger partial charge in [-0.15, -0.1) is 0 Å². The van der Waals surface area contributed by atoms with Crippen molar-refractivity contribution in [2.24, 2.45) is 0 Å². The summed E-state index contributed by atoms with van der Waals surface area (Å²) in [4.78, 5) is 11.1. The number of rotatable bonds is 5. The first-order chi connectivity index (χ1) is 7.92. The van der Waals surface area contributed by atoms with Gasteiger partial charge in [0.05, 0.1) is 16.2 Å². The summed E-state index contributed by atoms with van der Waals surface area (Å²) in [6, 6.07) is 4.10. The molecule has 0 bridgehead atoms. The highest BCUT2D eigenvalue weighted by atomic mass is 32.2. The highest BCUT2D eigenvalue weighted by Crippen LogP contribution is 2.21. The number of carboxylic acid groups (broad SMARTS) is 1. The quantitative estimate of drug-likeness (QED) is 0.837. The molecule has 2 N–H and O–H groups in total. The molecule has 0 radical (unpaired) electrons. The fraction of sp³-hybridized carbons (Fsp3) is 0.364. The number of anilines is 1. The van der Waals surface area contributed by atoms with Crippen LogP contribution in [0, 0.1) is 0 Å². The van der Waals surface area contributed by atoms with Gasteiger partial charge in [0.25, 0.3) is 0 Å². The lowest BCUT2D eigenvalue weighted by atomic mass is 10.2. The highest BCUT2D eigenvalue weighted by molar-refractivity contribution is 7.91. The van der Waals surface area contributed by atoms with Crippen LogP contribution in [0.3, 0.4) is 0 Å². The second kappa shape index (κ2) is 5.18. The molecular weight excluding hydrogens is 242 g/mol. The fourth-order valence-corrected chi connectivity index (χ4v) is 2.31. The Balaban J connectivity index is 3.33. The van der Waals surface area contributed by atoms with E-state index < -0.39 is 15.8 Å². The van der Waals surface area contributed by atoms with E-state index in [0.29, 0.717) is 12.2 Å². The summed E-state index contributed by atoms with van der Waals surface area (Å²) in [5.74, 6) is -1.19. The fourth-order valence-electron chi connectivity index (χ4n) is 1.41. The molecule has 1 rings (SSSR count). The molecule has 1 aromatic carbocycles.